The fourth-order valence-corrected chi connectivity index (χ4v) is 0. The molecule has 0 spiro atoms. The molecule has 0 aromatic rings. The van der Waals surface area contributed by atoms with Gasteiger partial charge in [-0.15, -0.1) is 0 Å². The molecular weight excluding hydrogens is 164 g/mol. The minimum Gasteiger partial charge on any atom is -0.480 e. The molecule has 0 heterocycles. The van der Waals surface area contributed by atoms with Crippen LogP contribution in [0.3, 0.4) is 0 Å². The number of carboxylic acid groups (broad SMARTS) is 1. The van der Waals surface area contributed by atoms with Gasteiger partial charge in [-0.1, -0.05) is 0 Å². The predicted molar refractivity (Wildman–Crippen MR) is 42.2 cm³/mol. The lowest BCUT2D eigenvalue weighted by Crippen LogP contribution is -2.25. The van der Waals surface area contributed by atoms with Crippen LogP contribution in [0, 0.1) is 0 Å². The summed E-state index contributed by atoms with van der Waals surface area (Å²) in [6.07, 6.45) is -1.01. The summed E-state index contributed by atoms with van der Waals surface area (Å²) in [7, 11) is 0. The number of primary amides is 1. The Morgan fingerprint density at radius 1 is 1.33 bits per heavy atom. The van der Waals surface area contributed by atoms with Crippen LogP contribution in [0.2, 0.25) is 0 Å². The number of amides is 1. The number of carbonyl (C=O) groups excluding carboxylic acids is 1. The molecule has 0 radical (unpaired) electrons. The first-order valence-electron chi connectivity index (χ1n) is 3.24. The van der Waals surface area contributed by atoms with Crippen molar-refractivity contribution < 1.29 is 19.8 Å². The van der Waals surface area contributed by atoms with E-state index in [-0.39, 0.29) is 0 Å². The van der Waals surface area contributed by atoms with Gasteiger partial charge in [0.15, 0.2) is 0 Å². The molecule has 0 aromatic carbocycles. The van der Waals surface area contributed by atoms with E-state index >= 15 is 0 Å². The largest absolute Gasteiger partial charge is 0.480 e. The zero-order chi connectivity index (χ0) is 10.3. The summed E-state index contributed by atoms with van der Waals surface area (Å²) < 4.78 is 0. The van der Waals surface area contributed by atoms with Gasteiger partial charge in [-0.25, -0.2) is 0 Å². The van der Waals surface area contributed by atoms with Crippen LogP contribution in [0.5, 0.6) is 0 Å². The van der Waals surface area contributed by atoms with E-state index in [2.05, 4.69) is 5.73 Å². The van der Waals surface area contributed by atoms with E-state index in [0.717, 1.165) is 0 Å². The Morgan fingerprint density at radius 3 is 1.50 bits per heavy atom. The average molecular weight is 178 g/mol. The van der Waals surface area contributed by atoms with Crippen molar-refractivity contribution in [1.82, 2.24) is 0 Å². The second kappa shape index (κ2) is 6.56. The Labute approximate surface area is 70.2 Å². The third kappa shape index (κ3) is 11.6. The van der Waals surface area contributed by atoms with Crippen molar-refractivity contribution in [2.75, 3.05) is 0 Å². The van der Waals surface area contributed by atoms with E-state index in [1.165, 1.54) is 13.8 Å². The number of nitrogens with two attached hydrogens (primary N) is 2. The minimum absolute atomic E-state index is 0.685. The number of aliphatic carboxylic acids is 1. The molecule has 0 aliphatic rings. The van der Waals surface area contributed by atoms with Crippen molar-refractivity contribution in [3.05, 3.63) is 0 Å². The molecular formula is C6H14N2O4. The molecule has 2 atom stereocenters. The highest BCUT2D eigenvalue weighted by molar-refractivity contribution is 5.77. The fraction of sp³-hybridized carbons (Fsp3) is 0.667. The second-order valence-corrected chi connectivity index (χ2v) is 2.21. The fourth-order valence-electron chi connectivity index (χ4n) is 0. The molecule has 0 fully saturated rings. The maximum absolute atomic E-state index is 9.67. The monoisotopic (exact) mass is 178 g/mol. The highest BCUT2D eigenvalue weighted by atomic mass is 16.4. The van der Waals surface area contributed by atoms with Crippen LogP contribution in [-0.4, -0.2) is 34.2 Å². The summed E-state index contributed by atoms with van der Waals surface area (Å²) in [5, 5.41) is 16.0. The van der Waals surface area contributed by atoms with E-state index in [4.69, 9.17) is 15.9 Å². The van der Waals surface area contributed by atoms with E-state index < -0.39 is 24.0 Å². The Hall–Kier alpha value is -1.14. The van der Waals surface area contributed by atoms with Gasteiger partial charge in [0.2, 0.25) is 5.91 Å². The molecule has 0 rings (SSSR count). The Kier molecular flexibility index (Phi) is 7.36. The number of hydrogen-bond donors (Lipinski definition) is 4. The van der Waals surface area contributed by atoms with Crippen molar-refractivity contribution in [2.45, 2.75) is 26.0 Å². The third-order valence-electron chi connectivity index (χ3n) is 0.801. The molecule has 0 aromatic heterocycles. The lowest BCUT2D eigenvalue weighted by atomic mass is 10.4. The zero-order valence-corrected chi connectivity index (χ0v) is 7.02. The van der Waals surface area contributed by atoms with Crippen LogP contribution in [0.15, 0.2) is 0 Å². The van der Waals surface area contributed by atoms with Crippen molar-refractivity contribution in [2.24, 2.45) is 11.5 Å². The van der Waals surface area contributed by atoms with Gasteiger partial charge >= 0.3 is 5.97 Å². The number of carbonyl (C=O) groups is 2. The first-order chi connectivity index (χ1) is 5.29. The second-order valence-electron chi connectivity index (χ2n) is 2.21. The third-order valence-corrected chi connectivity index (χ3v) is 0.801. The summed E-state index contributed by atoms with van der Waals surface area (Å²) in [4.78, 5) is 19.2. The van der Waals surface area contributed by atoms with Gasteiger partial charge in [0.25, 0.3) is 0 Å². The van der Waals surface area contributed by atoms with Gasteiger partial charge in [-0.05, 0) is 13.8 Å². The molecule has 1 amide bonds. The number of carboxylic acids is 1. The quantitative estimate of drug-likeness (QED) is 0.399. The minimum atomic E-state index is -1.01. The Balaban J connectivity index is 0. The van der Waals surface area contributed by atoms with E-state index in [9.17, 15) is 9.59 Å². The number of aliphatic hydroxyl groups is 1. The molecule has 72 valence electrons. The first-order valence-corrected chi connectivity index (χ1v) is 3.24. The van der Waals surface area contributed by atoms with Crippen LogP contribution in [0.1, 0.15) is 13.8 Å². The summed E-state index contributed by atoms with van der Waals surface area (Å²) in [5.74, 6) is -1.65. The molecule has 6 heteroatoms. The highest BCUT2D eigenvalue weighted by Crippen LogP contribution is 1.70. The lowest BCUT2D eigenvalue weighted by Gasteiger charge is -1.90. The Bertz CT molecular complexity index is 138. The van der Waals surface area contributed by atoms with Crippen LogP contribution in [0.25, 0.3) is 0 Å². The van der Waals surface area contributed by atoms with Crippen LogP contribution in [-0.2, 0) is 9.59 Å². The number of hydrogen-bond acceptors (Lipinski definition) is 4. The molecule has 0 aliphatic carbocycles. The summed E-state index contributed by atoms with van der Waals surface area (Å²) in [5.41, 5.74) is 9.38. The van der Waals surface area contributed by atoms with Gasteiger partial charge in [-0.3, -0.25) is 9.59 Å². The van der Waals surface area contributed by atoms with E-state index in [1.807, 2.05) is 0 Å². The predicted octanol–water partition coefficient (Wildman–Crippen LogP) is -1.73. The molecule has 6 nitrogen and oxygen atoms in total. The van der Waals surface area contributed by atoms with Crippen LogP contribution in [0.4, 0.5) is 0 Å². The van der Waals surface area contributed by atoms with Gasteiger partial charge in [-0.2, -0.15) is 0 Å². The molecule has 0 saturated carbocycles. The lowest BCUT2D eigenvalue weighted by molar-refractivity contribution is -0.138. The molecule has 12 heavy (non-hydrogen) atoms. The van der Waals surface area contributed by atoms with Crippen molar-refractivity contribution in [1.29, 1.82) is 0 Å². The zero-order valence-electron chi connectivity index (χ0n) is 7.02. The van der Waals surface area contributed by atoms with Gasteiger partial charge in [0, 0.05) is 0 Å². The van der Waals surface area contributed by atoms with E-state index in [1.54, 1.807) is 0 Å². The first kappa shape index (κ1) is 13.4. The Morgan fingerprint density at radius 2 is 1.50 bits per heavy atom. The van der Waals surface area contributed by atoms with Crippen molar-refractivity contribution in [3.8, 4) is 0 Å². The summed E-state index contributed by atoms with van der Waals surface area (Å²) >= 11 is 0. The maximum atomic E-state index is 9.67. The van der Waals surface area contributed by atoms with Crippen LogP contribution >= 0.6 is 0 Å². The molecule has 6 N–H and O–H groups in total. The standard InChI is InChI=1S/2C3H7NO2/c1-2(5)3(4)6;1-2(4)3(5)6/h2,5H,1H3,(H2,4,6);2H,4H2,1H3,(H,5,6)/t;2-/m.0/s1. The van der Waals surface area contributed by atoms with E-state index in [0.29, 0.717) is 0 Å². The maximum Gasteiger partial charge on any atom is 0.320 e. The smallest absolute Gasteiger partial charge is 0.320 e. The highest BCUT2D eigenvalue weighted by Gasteiger charge is 1.99. The molecule has 0 aliphatic heterocycles. The number of aliphatic hydroxyl groups excluding tert-OH is 1. The molecule has 0 bridgehead atoms. The molecule has 1 unspecified atom stereocenters. The van der Waals surface area contributed by atoms with Crippen LogP contribution < -0.4 is 11.5 Å². The normalized spacial score (nSPS) is 13.7. The summed E-state index contributed by atoms with van der Waals surface area (Å²) in [6.45, 7) is 2.74. The average Bonchev–Trinajstić information content (AvgIpc) is 1.88. The molecule has 0 saturated heterocycles. The topological polar surface area (TPSA) is 127 Å². The number of rotatable bonds is 2. The van der Waals surface area contributed by atoms with Crippen molar-refractivity contribution in [3.63, 3.8) is 0 Å². The van der Waals surface area contributed by atoms with Gasteiger partial charge in [0.1, 0.15) is 12.1 Å². The SMILES string of the molecule is CC(O)C(N)=O.C[C@H](N)C(=O)O. The van der Waals surface area contributed by atoms with Gasteiger partial charge < -0.3 is 21.7 Å². The summed E-state index contributed by atoms with van der Waals surface area (Å²) in [6, 6.07) is -0.731. The van der Waals surface area contributed by atoms with Gasteiger partial charge in [0.05, 0.1) is 0 Å². The van der Waals surface area contributed by atoms with Crippen molar-refractivity contribution >= 4 is 11.9 Å².